The van der Waals surface area contributed by atoms with Crippen LogP contribution in [0.15, 0.2) is 79.0 Å². The van der Waals surface area contributed by atoms with Crippen LogP contribution in [0.5, 0.6) is 0 Å². The van der Waals surface area contributed by atoms with E-state index in [0.29, 0.717) is 5.56 Å². The fraction of sp³-hybridized carbons (Fsp3) is 0. The summed E-state index contributed by atoms with van der Waals surface area (Å²) in [6.45, 7) is 0. The van der Waals surface area contributed by atoms with Crippen molar-refractivity contribution in [1.29, 1.82) is 5.26 Å². The molecule has 0 aliphatic carbocycles. The molecule has 0 aliphatic heterocycles. The van der Waals surface area contributed by atoms with Crippen molar-refractivity contribution in [2.45, 2.75) is 0 Å². The Morgan fingerprint density at radius 1 is 0.875 bits per heavy atom. The van der Waals surface area contributed by atoms with Crippen LogP contribution in [0.3, 0.4) is 0 Å². The van der Waals surface area contributed by atoms with Gasteiger partial charge in [-0.2, -0.15) is 0 Å². The molecule has 4 aromatic rings. The van der Waals surface area contributed by atoms with Gasteiger partial charge in [0.2, 0.25) is 0 Å². The molecule has 0 amide bonds. The molecule has 2 aromatic heterocycles. The molecule has 0 N–H and O–H groups in total. The van der Waals surface area contributed by atoms with Crippen molar-refractivity contribution in [3.05, 3.63) is 84.6 Å². The first-order valence-corrected chi connectivity index (χ1v) is 9.27. The van der Waals surface area contributed by atoms with Gasteiger partial charge in [-0.25, -0.2) is 0 Å². The number of benzene rings is 2. The molecule has 4 rings (SSSR count). The van der Waals surface area contributed by atoms with Gasteiger partial charge >= 0.3 is 146 Å². The Balaban J connectivity index is 1.87. The van der Waals surface area contributed by atoms with Gasteiger partial charge in [-0.15, -0.1) is 0 Å². The minimum absolute atomic E-state index is 0.144. The van der Waals surface area contributed by atoms with Crippen LogP contribution in [0.2, 0.25) is 0 Å². The van der Waals surface area contributed by atoms with Crippen LogP contribution in [-0.2, 0) is 0 Å². The average Bonchev–Trinajstić information content (AvgIpc) is 3.01. The normalized spacial score (nSPS) is 10.6. The Bertz CT molecular complexity index is 1030. The second kappa shape index (κ2) is 6.33. The third-order valence-electron chi connectivity index (χ3n) is 3.73. The Kier molecular flexibility index (Phi) is 3.88. The summed E-state index contributed by atoms with van der Waals surface area (Å²) < 4.78 is 4.69. The zero-order valence-corrected chi connectivity index (χ0v) is 14.5. The molecule has 0 bridgehead atoms. The number of hydrogen-bond donors (Lipinski definition) is 0. The molecule has 3 nitrogen and oxygen atoms in total. The zero-order chi connectivity index (χ0) is 16.4. The third kappa shape index (κ3) is 2.72. The van der Waals surface area contributed by atoms with E-state index < -0.39 is 0 Å². The van der Waals surface area contributed by atoms with Crippen molar-refractivity contribution in [1.82, 2.24) is 9.38 Å². The second-order valence-electron chi connectivity index (χ2n) is 5.30. The van der Waals surface area contributed by atoms with Crippen molar-refractivity contribution < 1.29 is 0 Å². The molecule has 2 aromatic carbocycles. The Morgan fingerprint density at radius 2 is 1.62 bits per heavy atom. The Labute approximate surface area is 146 Å². The van der Waals surface area contributed by atoms with Gasteiger partial charge in [0.25, 0.3) is 0 Å². The van der Waals surface area contributed by atoms with E-state index in [1.165, 1.54) is 9.05 Å². The van der Waals surface area contributed by atoms with E-state index in [2.05, 4.69) is 40.9 Å². The first kappa shape index (κ1) is 14.7. The molecule has 0 atom stereocenters. The summed E-state index contributed by atoms with van der Waals surface area (Å²) in [6.07, 6.45) is 2.06. The molecular formula is C20H13N3Se. The standard InChI is InChI=1S/C20H13N3Se/c21-14-15-9-11-16(12-10-15)19-20(24-17-6-2-1-3-7-17)23-13-5-4-8-18(23)22-19/h1-13H. The van der Waals surface area contributed by atoms with E-state index in [0.717, 1.165) is 16.9 Å². The molecule has 24 heavy (non-hydrogen) atoms. The molecule has 0 aliphatic rings. The van der Waals surface area contributed by atoms with Gasteiger partial charge in [0, 0.05) is 0 Å². The predicted molar refractivity (Wildman–Crippen MR) is 96.8 cm³/mol. The zero-order valence-electron chi connectivity index (χ0n) is 12.8. The monoisotopic (exact) mass is 375 g/mol. The van der Waals surface area contributed by atoms with Gasteiger partial charge in [0.15, 0.2) is 0 Å². The molecule has 0 saturated heterocycles. The quantitative estimate of drug-likeness (QED) is 0.517. The van der Waals surface area contributed by atoms with Crippen molar-refractivity contribution in [2.75, 3.05) is 0 Å². The fourth-order valence-electron chi connectivity index (χ4n) is 2.56. The minimum atomic E-state index is 0.144. The molecular weight excluding hydrogens is 361 g/mol. The summed E-state index contributed by atoms with van der Waals surface area (Å²) in [5, 5.41) is 9.00. The second-order valence-corrected chi connectivity index (χ2v) is 7.53. The van der Waals surface area contributed by atoms with Crippen LogP contribution in [0.1, 0.15) is 5.56 Å². The van der Waals surface area contributed by atoms with E-state index in [-0.39, 0.29) is 15.0 Å². The van der Waals surface area contributed by atoms with Crippen molar-refractivity contribution in [3.63, 3.8) is 0 Å². The first-order valence-electron chi connectivity index (χ1n) is 7.56. The van der Waals surface area contributed by atoms with Gasteiger partial charge in [-0.3, -0.25) is 0 Å². The molecule has 2 heterocycles. The van der Waals surface area contributed by atoms with Gasteiger partial charge in [-0.1, -0.05) is 0 Å². The third-order valence-corrected chi connectivity index (χ3v) is 6.02. The maximum absolute atomic E-state index is 9.00. The predicted octanol–water partition coefficient (Wildman–Crippen LogP) is 2.53. The van der Waals surface area contributed by atoms with Crippen LogP contribution in [0.25, 0.3) is 16.9 Å². The maximum atomic E-state index is 9.00. The molecule has 0 saturated carbocycles. The van der Waals surface area contributed by atoms with E-state index in [9.17, 15) is 0 Å². The fourth-order valence-corrected chi connectivity index (χ4v) is 4.72. The van der Waals surface area contributed by atoms with Gasteiger partial charge in [-0.05, 0) is 0 Å². The van der Waals surface area contributed by atoms with Crippen LogP contribution < -0.4 is 9.05 Å². The Morgan fingerprint density at radius 3 is 2.38 bits per heavy atom. The van der Waals surface area contributed by atoms with E-state index in [4.69, 9.17) is 10.2 Å². The molecule has 0 unspecified atom stereocenters. The number of pyridine rings is 1. The van der Waals surface area contributed by atoms with Gasteiger partial charge in [0.05, 0.1) is 0 Å². The first-order chi connectivity index (χ1) is 11.8. The summed E-state index contributed by atoms with van der Waals surface area (Å²) in [5.74, 6) is 0. The summed E-state index contributed by atoms with van der Waals surface area (Å²) in [7, 11) is 0. The summed E-state index contributed by atoms with van der Waals surface area (Å²) in [5.41, 5.74) is 3.65. The molecule has 114 valence electrons. The molecule has 0 spiro atoms. The number of imidazole rings is 1. The van der Waals surface area contributed by atoms with E-state index in [1.807, 2.05) is 48.5 Å². The van der Waals surface area contributed by atoms with Crippen molar-refractivity contribution in [3.8, 4) is 17.3 Å². The number of aromatic nitrogens is 2. The van der Waals surface area contributed by atoms with Gasteiger partial charge < -0.3 is 0 Å². The number of nitriles is 1. The summed E-state index contributed by atoms with van der Waals surface area (Å²) in [6, 6.07) is 26.4. The number of hydrogen-bond acceptors (Lipinski definition) is 2. The SMILES string of the molecule is N#Cc1ccc(-c2nc3ccccn3c2[Se]c2ccccc2)cc1. The molecule has 0 fully saturated rings. The van der Waals surface area contributed by atoms with Crippen molar-refractivity contribution >= 4 is 29.7 Å². The Hall–Kier alpha value is -2.86. The molecule has 4 heteroatoms. The van der Waals surface area contributed by atoms with E-state index in [1.54, 1.807) is 0 Å². The van der Waals surface area contributed by atoms with Crippen LogP contribution in [0.4, 0.5) is 0 Å². The van der Waals surface area contributed by atoms with Gasteiger partial charge in [0.1, 0.15) is 0 Å². The van der Waals surface area contributed by atoms with Crippen LogP contribution >= 0.6 is 0 Å². The topological polar surface area (TPSA) is 41.1 Å². The number of fused-ring (bicyclic) bond motifs is 1. The van der Waals surface area contributed by atoms with Crippen molar-refractivity contribution in [2.24, 2.45) is 0 Å². The van der Waals surface area contributed by atoms with Crippen LogP contribution in [0, 0.1) is 11.3 Å². The van der Waals surface area contributed by atoms with Crippen LogP contribution in [-0.4, -0.2) is 24.3 Å². The molecule has 0 radical (unpaired) electrons. The number of rotatable bonds is 3. The number of nitrogens with zero attached hydrogens (tertiary/aromatic N) is 3. The summed E-state index contributed by atoms with van der Waals surface area (Å²) in [4.78, 5) is 4.83. The summed E-state index contributed by atoms with van der Waals surface area (Å²) >= 11 is 0.144. The average molecular weight is 374 g/mol. The van der Waals surface area contributed by atoms with E-state index >= 15 is 0 Å².